The Kier molecular flexibility index (Phi) is 5.25. The number of hydrogen-bond acceptors (Lipinski definition) is 3. The van der Waals surface area contributed by atoms with Gasteiger partial charge in [-0.2, -0.15) is 0 Å². The fraction of sp³-hybridized carbons (Fsp3) is 0.235. The van der Waals surface area contributed by atoms with E-state index in [2.05, 4.69) is 17.6 Å². The van der Waals surface area contributed by atoms with Gasteiger partial charge in [0.15, 0.2) is 6.73 Å². The fourth-order valence-corrected chi connectivity index (χ4v) is 2.07. The van der Waals surface area contributed by atoms with Crippen LogP contribution in [0.25, 0.3) is 0 Å². The summed E-state index contributed by atoms with van der Waals surface area (Å²) in [4.78, 5) is 11.8. The number of hydrogen-bond donors (Lipinski definition) is 3. The molecule has 2 amide bonds. The van der Waals surface area contributed by atoms with Crippen molar-refractivity contribution >= 4 is 11.7 Å². The molecule has 0 saturated carbocycles. The molecule has 2 aromatic carbocycles. The normalized spacial score (nSPS) is 10.1. The van der Waals surface area contributed by atoms with Crippen LogP contribution in [0.15, 0.2) is 42.5 Å². The molecule has 0 saturated heterocycles. The number of phenolic OH excluding ortho intramolecular Hbond substituents is 1. The number of nitrogens with one attached hydrogen (secondary N) is 2. The second-order valence-electron chi connectivity index (χ2n) is 4.88. The molecule has 0 radical (unpaired) electrons. The molecular weight excluding hydrogens is 280 g/mol. The van der Waals surface area contributed by atoms with E-state index in [1.165, 1.54) is 6.07 Å². The van der Waals surface area contributed by atoms with Crippen molar-refractivity contribution in [2.24, 2.45) is 0 Å². The van der Waals surface area contributed by atoms with Gasteiger partial charge < -0.3 is 20.5 Å². The number of rotatable bonds is 5. The summed E-state index contributed by atoms with van der Waals surface area (Å²) in [6.45, 7) is 3.94. The molecule has 5 nitrogen and oxygen atoms in total. The minimum Gasteiger partial charge on any atom is -0.508 e. The first-order valence-corrected chi connectivity index (χ1v) is 7.15. The molecule has 0 atom stereocenters. The van der Waals surface area contributed by atoms with Gasteiger partial charge in [-0.15, -0.1) is 0 Å². The lowest BCUT2D eigenvalue weighted by molar-refractivity contribution is 0.234. The number of urea groups is 1. The van der Waals surface area contributed by atoms with Crippen molar-refractivity contribution in [2.75, 3.05) is 12.0 Å². The zero-order valence-electron chi connectivity index (χ0n) is 12.7. The molecule has 2 aromatic rings. The molecule has 0 aliphatic rings. The van der Waals surface area contributed by atoms with E-state index in [4.69, 9.17) is 4.74 Å². The largest absolute Gasteiger partial charge is 0.508 e. The van der Waals surface area contributed by atoms with Gasteiger partial charge in [-0.3, -0.25) is 0 Å². The summed E-state index contributed by atoms with van der Waals surface area (Å²) in [5.41, 5.74) is 2.52. The van der Waals surface area contributed by atoms with Crippen LogP contribution in [-0.2, 0) is 6.42 Å². The number of amides is 2. The molecule has 0 aliphatic heterocycles. The molecule has 116 valence electrons. The molecule has 5 heteroatoms. The van der Waals surface area contributed by atoms with Crippen molar-refractivity contribution in [3.05, 3.63) is 53.6 Å². The third kappa shape index (κ3) is 4.15. The lowest BCUT2D eigenvalue weighted by atomic mass is 10.1. The van der Waals surface area contributed by atoms with Crippen molar-refractivity contribution in [2.45, 2.75) is 20.3 Å². The molecule has 0 heterocycles. The number of carbonyl (C=O) groups excluding carboxylic acids is 1. The summed E-state index contributed by atoms with van der Waals surface area (Å²) in [7, 11) is 0. The predicted octanol–water partition coefficient (Wildman–Crippen LogP) is 3.42. The van der Waals surface area contributed by atoms with E-state index in [0.717, 1.165) is 23.3 Å². The van der Waals surface area contributed by atoms with Crippen LogP contribution in [0.1, 0.15) is 18.1 Å². The maximum absolute atomic E-state index is 11.8. The number of carbonyl (C=O) groups is 1. The Morgan fingerprint density at radius 1 is 1.23 bits per heavy atom. The number of phenols is 1. The van der Waals surface area contributed by atoms with Gasteiger partial charge in [0.1, 0.15) is 11.5 Å². The maximum atomic E-state index is 11.8. The Morgan fingerprint density at radius 2 is 2.00 bits per heavy atom. The molecule has 0 fully saturated rings. The van der Waals surface area contributed by atoms with Crippen molar-refractivity contribution in [1.29, 1.82) is 0 Å². The number of ether oxygens (including phenoxy) is 1. The van der Waals surface area contributed by atoms with E-state index in [0.29, 0.717) is 5.69 Å². The van der Waals surface area contributed by atoms with Gasteiger partial charge in [-0.1, -0.05) is 25.1 Å². The zero-order chi connectivity index (χ0) is 15.9. The highest BCUT2D eigenvalue weighted by atomic mass is 16.5. The molecule has 0 bridgehead atoms. The van der Waals surface area contributed by atoms with Gasteiger partial charge in [0.2, 0.25) is 0 Å². The van der Waals surface area contributed by atoms with Crippen LogP contribution in [0.4, 0.5) is 10.5 Å². The van der Waals surface area contributed by atoms with Crippen LogP contribution in [0.3, 0.4) is 0 Å². The van der Waals surface area contributed by atoms with Gasteiger partial charge in [0, 0.05) is 5.69 Å². The minimum atomic E-state index is -0.359. The number of aryl methyl sites for hydroxylation is 2. The Hall–Kier alpha value is -2.69. The van der Waals surface area contributed by atoms with Crippen LogP contribution < -0.4 is 15.4 Å². The lowest BCUT2D eigenvalue weighted by Crippen LogP contribution is -2.32. The minimum absolute atomic E-state index is 0.0833. The average Bonchev–Trinajstić information content (AvgIpc) is 2.50. The van der Waals surface area contributed by atoms with Crippen LogP contribution in [0.5, 0.6) is 11.5 Å². The Balaban J connectivity index is 1.85. The van der Waals surface area contributed by atoms with Gasteiger partial charge in [0.05, 0.1) is 0 Å². The molecule has 3 N–H and O–H groups in total. The summed E-state index contributed by atoms with van der Waals surface area (Å²) in [5, 5.41) is 14.7. The first kappa shape index (κ1) is 15.7. The van der Waals surface area contributed by atoms with E-state index < -0.39 is 0 Å². The van der Waals surface area contributed by atoms with Gasteiger partial charge in [0.25, 0.3) is 0 Å². The smallest absolute Gasteiger partial charge is 0.321 e. The fourth-order valence-electron chi connectivity index (χ4n) is 2.07. The quantitative estimate of drug-likeness (QED) is 0.585. The van der Waals surface area contributed by atoms with Crippen molar-refractivity contribution in [3.8, 4) is 11.5 Å². The average molecular weight is 300 g/mol. The third-order valence-corrected chi connectivity index (χ3v) is 3.27. The summed E-state index contributed by atoms with van der Waals surface area (Å²) in [6.07, 6.45) is 0.870. The van der Waals surface area contributed by atoms with Crippen molar-refractivity contribution in [3.63, 3.8) is 0 Å². The standard InChI is InChI=1S/C17H20N2O3/c1-3-13-6-4-5-7-16(13)22-11-18-17(21)19-15-9-8-14(20)10-12(15)2/h4-10,20H,3,11H2,1-2H3,(H2,18,19,21). The van der Waals surface area contributed by atoms with Gasteiger partial charge in [-0.05, 0) is 48.7 Å². The second kappa shape index (κ2) is 7.36. The van der Waals surface area contributed by atoms with Crippen LogP contribution in [0.2, 0.25) is 0 Å². The number of anilines is 1. The van der Waals surface area contributed by atoms with E-state index >= 15 is 0 Å². The Morgan fingerprint density at radius 3 is 2.73 bits per heavy atom. The molecule has 0 unspecified atom stereocenters. The topological polar surface area (TPSA) is 70.6 Å². The number of benzene rings is 2. The summed E-state index contributed by atoms with van der Waals surface area (Å²) in [5.74, 6) is 0.939. The highest BCUT2D eigenvalue weighted by molar-refractivity contribution is 5.90. The number of para-hydroxylation sites is 1. The van der Waals surface area contributed by atoms with E-state index in [1.807, 2.05) is 31.2 Å². The van der Waals surface area contributed by atoms with E-state index in [9.17, 15) is 9.90 Å². The summed E-state index contributed by atoms with van der Waals surface area (Å²) >= 11 is 0. The molecule has 2 rings (SSSR count). The number of aromatic hydroxyl groups is 1. The van der Waals surface area contributed by atoms with Gasteiger partial charge in [-0.25, -0.2) is 4.79 Å². The van der Waals surface area contributed by atoms with E-state index in [1.54, 1.807) is 12.1 Å². The molecule has 22 heavy (non-hydrogen) atoms. The SMILES string of the molecule is CCc1ccccc1OCNC(=O)Nc1ccc(O)cc1C. The first-order chi connectivity index (χ1) is 10.6. The van der Waals surface area contributed by atoms with Crippen molar-refractivity contribution in [1.82, 2.24) is 5.32 Å². The molecule has 0 aliphatic carbocycles. The first-order valence-electron chi connectivity index (χ1n) is 7.15. The maximum Gasteiger partial charge on any atom is 0.321 e. The predicted molar refractivity (Wildman–Crippen MR) is 86.3 cm³/mol. The van der Waals surface area contributed by atoms with E-state index in [-0.39, 0.29) is 18.5 Å². The Labute approximate surface area is 129 Å². The second-order valence-corrected chi connectivity index (χ2v) is 4.88. The monoisotopic (exact) mass is 300 g/mol. The van der Waals surface area contributed by atoms with Crippen molar-refractivity contribution < 1.29 is 14.6 Å². The van der Waals surface area contributed by atoms with Crippen LogP contribution >= 0.6 is 0 Å². The lowest BCUT2D eigenvalue weighted by Gasteiger charge is -2.12. The molecule has 0 aromatic heterocycles. The van der Waals surface area contributed by atoms with Gasteiger partial charge >= 0.3 is 6.03 Å². The summed E-state index contributed by atoms with van der Waals surface area (Å²) in [6, 6.07) is 12.1. The molecular formula is C17H20N2O3. The zero-order valence-corrected chi connectivity index (χ0v) is 12.7. The summed E-state index contributed by atoms with van der Waals surface area (Å²) < 4.78 is 5.57. The highest BCUT2D eigenvalue weighted by Crippen LogP contribution is 2.20. The van der Waals surface area contributed by atoms with Crippen LogP contribution in [0, 0.1) is 6.92 Å². The molecule has 0 spiro atoms. The third-order valence-electron chi connectivity index (χ3n) is 3.27. The Bertz CT molecular complexity index is 656. The van der Waals surface area contributed by atoms with Crippen LogP contribution in [-0.4, -0.2) is 17.9 Å². The highest BCUT2D eigenvalue weighted by Gasteiger charge is 2.05.